The Morgan fingerprint density at radius 3 is 2.58 bits per heavy atom. The molecule has 2 aliphatic rings. The molecule has 0 radical (unpaired) electrons. The van der Waals surface area contributed by atoms with Gasteiger partial charge >= 0.3 is 0 Å². The average Bonchev–Trinajstić information content (AvgIpc) is 3.26. The van der Waals surface area contributed by atoms with Crippen molar-refractivity contribution in [2.75, 3.05) is 23.3 Å². The molecule has 162 valence electrons. The van der Waals surface area contributed by atoms with Crippen molar-refractivity contribution in [2.24, 2.45) is 0 Å². The van der Waals surface area contributed by atoms with Gasteiger partial charge in [0, 0.05) is 30.9 Å². The number of piperidine rings is 1. The van der Waals surface area contributed by atoms with E-state index >= 15 is 0 Å². The van der Waals surface area contributed by atoms with Crippen molar-refractivity contribution in [2.45, 2.75) is 64.3 Å². The van der Waals surface area contributed by atoms with E-state index in [1.165, 1.54) is 56.9 Å². The second-order valence-corrected chi connectivity index (χ2v) is 9.81. The van der Waals surface area contributed by atoms with Gasteiger partial charge in [0.05, 0.1) is 16.3 Å². The van der Waals surface area contributed by atoms with Crippen LogP contribution in [0, 0.1) is 6.92 Å². The van der Waals surface area contributed by atoms with E-state index in [9.17, 15) is 0 Å². The molecule has 0 atom stereocenters. The van der Waals surface area contributed by atoms with Crippen LogP contribution >= 0.6 is 11.3 Å². The SMILES string of the molecule is Cc1cccc(-c2nc(N3CCCCC3)sc2-c2ccnc(NC3CCCCC3)n2)c1. The second-order valence-electron chi connectivity index (χ2n) is 8.84. The van der Waals surface area contributed by atoms with Crippen LogP contribution in [0.1, 0.15) is 56.9 Å². The van der Waals surface area contributed by atoms with Crippen LogP contribution in [0.4, 0.5) is 11.1 Å². The molecule has 3 aromatic rings. The molecule has 2 aromatic heterocycles. The highest BCUT2D eigenvalue weighted by Crippen LogP contribution is 2.40. The van der Waals surface area contributed by atoms with Gasteiger partial charge in [0.25, 0.3) is 0 Å². The molecule has 1 aliphatic heterocycles. The quantitative estimate of drug-likeness (QED) is 0.511. The number of benzene rings is 1. The Morgan fingerprint density at radius 2 is 1.77 bits per heavy atom. The number of aryl methyl sites for hydroxylation is 1. The number of aromatic nitrogens is 3. The minimum atomic E-state index is 0.491. The van der Waals surface area contributed by atoms with E-state index in [4.69, 9.17) is 9.97 Å². The van der Waals surface area contributed by atoms with Crippen molar-refractivity contribution >= 4 is 22.4 Å². The molecule has 3 heterocycles. The standard InChI is InChI=1S/C25H31N5S/c1-18-9-8-10-19(17-18)22-23(31-25(29-22)30-15-6-3-7-16-30)21-13-14-26-24(28-21)27-20-11-4-2-5-12-20/h8-10,13-14,17,20H,2-7,11-12,15-16H2,1H3,(H,26,27,28). The minimum absolute atomic E-state index is 0.491. The Morgan fingerprint density at radius 1 is 0.968 bits per heavy atom. The van der Waals surface area contributed by atoms with E-state index in [1.807, 2.05) is 12.3 Å². The second kappa shape index (κ2) is 9.35. The maximum atomic E-state index is 5.13. The molecule has 2 fully saturated rings. The molecular weight excluding hydrogens is 402 g/mol. The smallest absolute Gasteiger partial charge is 0.223 e. The molecule has 0 spiro atoms. The van der Waals surface area contributed by atoms with Crippen molar-refractivity contribution in [3.8, 4) is 21.8 Å². The lowest BCUT2D eigenvalue weighted by Gasteiger charge is -2.25. The summed E-state index contributed by atoms with van der Waals surface area (Å²) in [6, 6.07) is 11.2. The highest BCUT2D eigenvalue weighted by molar-refractivity contribution is 7.19. The fourth-order valence-electron chi connectivity index (χ4n) is 4.68. The predicted molar refractivity (Wildman–Crippen MR) is 130 cm³/mol. The third-order valence-corrected chi connectivity index (χ3v) is 7.50. The van der Waals surface area contributed by atoms with Gasteiger partial charge in [-0.3, -0.25) is 0 Å². The summed E-state index contributed by atoms with van der Waals surface area (Å²) in [5, 5.41) is 4.70. The van der Waals surface area contributed by atoms with Crippen LogP contribution in [-0.2, 0) is 0 Å². The summed E-state index contributed by atoms with van der Waals surface area (Å²) in [6.07, 6.45) is 12.1. The molecule has 1 N–H and O–H groups in total. The molecule has 1 saturated heterocycles. The normalized spacial score (nSPS) is 17.6. The first-order valence-corrected chi connectivity index (χ1v) is 12.5. The zero-order chi connectivity index (χ0) is 21.0. The lowest BCUT2D eigenvalue weighted by Crippen LogP contribution is -2.29. The molecular formula is C25H31N5S. The Labute approximate surface area is 189 Å². The number of nitrogens with zero attached hydrogens (tertiary/aromatic N) is 4. The maximum Gasteiger partial charge on any atom is 0.223 e. The monoisotopic (exact) mass is 433 g/mol. The van der Waals surface area contributed by atoms with Gasteiger partial charge in [0.1, 0.15) is 0 Å². The van der Waals surface area contributed by atoms with Gasteiger partial charge in [-0.05, 0) is 51.2 Å². The zero-order valence-electron chi connectivity index (χ0n) is 18.3. The lowest BCUT2D eigenvalue weighted by atomic mass is 9.96. The number of nitrogens with one attached hydrogen (secondary N) is 1. The highest BCUT2D eigenvalue weighted by atomic mass is 32.1. The summed E-state index contributed by atoms with van der Waals surface area (Å²) in [7, 11) is 0. The number of hydrogen-bond donors (Lipinski definition) is 1. The van der Waals surface area contributed by atoms with Gasteiger partial charge in [-0.1, -0.05) is 54.4 Å². The van der Waals surface area contributed by atoms with Gasteiger partial charge in [0.15, 0.2) is 5.13 Å². The van der Waals surface area contributed by atoms with E-state index in [1.54, 1.807) is 11.3 Å². The van der Waals surface area contributed by atoms with Crippen molar-refractivity contribution in [3.05, 3.63) is 42.1 Å². The maximum absolute atomic E-state index is 5.13. The molecule has 0 bridgehead atoms. The van der Waals surface area contributed by atoms with E-state index in [-0.39, 0.29) is 0 Å². The first-order chi connectivity index (χ1) is 15.3. The van der Waals surface area contributed by atoms with Crippen LogP contribution in [0.5, 0.6) is 0 Å². The Kier molecular flexibility index (Phi) is 6.16. The summed E-state index contributed by atoms with van der Waals surface area (Å²) in [5.74, 6) is 0.743. The molecule has 31 heavy (non-hydrogen) atoms. The van der Waals surface area contributed by atoms with Gasteiger partial charge in [0.2, 0.25) is 5.95 Å². The fourth-order valence-corrected chi connectivity index (χ4v) is 5.78. The number of hydrogen-bond acceptors (Lipinski definition) is 6. The summed E-state index contributed by atoms with van der Waals surface area (Å²) in [5.41, 5.74) is 4.41. The highest BCUT2D eigenvalue weighted by Gasteiger charge is 2.22. The van der Waals surface area contributed by atoms with Crippen LogP contribution in [0.2, 0.25) is 0 Å². The summed E-state index contributed by atoms with van der Waals surface area (Å²) in [4.78, 5) is 18.2. The third kappa shape index (κ3) is 4.74. The molecule has 0 unspecified atom stereocenters. The van der Waals surface area contributed by atoms with Crippen LogP contribution in [0.3, 0.4) is 0 Å². The Balaban J connectivity index is 1.51. The van der Waals surface area contributed by atoms with Gasteiger partial charge in [-0.15, -0.1) is 0 Å². The van der Waals surface area contributed by atoms with Crippen molar-refractivity contribution < 1.29 is 0 Å². The molecule has 1 saturated carbocycles. The molecule has 5 rings (SSSR count). The van der Waals surface area contributed by atoms with Crippen molar-refractivity contribution in [3.63, 3.8) is 0 Å². The lowest BCUT2D eigenvalue weighted by molar-refractivity contribution is 0.461. The van der Waals surface area contributed by atoms with Crippen LogP contribution < -0.4 is 10.2 Å². The third-order valence-electron chi connectivity index (χ3n) is 6.36. The summed E-state index contributed by atoms with van der Waals surface area (Å²) < 4.78 is 0. The topological polar surface area (TPSA) is 53.9 Å². The van der Waals surface area contributed by atoms with E-state index in [0.717, 1.165) is 46.0 Å². The predicted octanol–water partition coefficient (Wildman–Crippen LogP) is 6.31. The first-order valence-electron chi connectivity index (χ1n) is 11.7. The molecule has 1 aliphatic carbocycles. The first kappa shape index (κ1) is 20.4. The van der Waals surface area contributed by atoms with E-state index < -0.39 is 0 Å². The molecule has 6 heteroatoms. The Bertz CT molecular complexity index is 1020. The van der Waals surface area contributed by atoms with Crippen molar-refractivity contribution in [1.82, 2.24) is 15.0 Å². The van der Waals surface area contributed by atoms with Crippen molar-refractivity contribution in [1.29, 1.82) is 0 Å². The molecule has 5 nitrogen and oxygen atoms in total. The van der Waals surface area contributed by atoms with E-state index in [0.29, 0.717) is 6.04 Å². The number of anilines is 2. The van der Waals surface area contributed by atoms with Crippen LogP contribution in [-0.4, -0.2) is 34.1 Å². The van der Waals surface area contributed by atoms with Crippen LogP contribution in [0.15, 0.2) is 36.5 Å². The van der Waals surface area contributed by atoms with Gasteiger partial charge in [-0.25, -0.2) is 15.0 Å². The largest absolute Gasteiger partial charge is 0.351 e. The van der Waals surface area contributed by atoms with Gasteiger partial charge < -0.3 is 10.2 Å². The van der Waals surface area contributed by atoms with Crippen LogP contribution in [0.25, 0.3) is 21.8 Å². The van der Waals surface area contributed by atoms with E-state index in [2.05, 4.69) is 46.4 Å². The number of rotatable bonds is 5. The summed E-state index contributed by atoms with van der Waals surface area (Å²) >= 11 is 1.77. The molecule has 1 aromatic carbocycles. The number of thiazole rings is 1. The zero-order valence-corrected chi connectivity index (χ0v) is 19.1. The average molecular weight is 434 g/mol. The minimum Gasteiger partial charge on any atom is -0.351 e. The fraction of sp³-hybridized carbons (Fsp3) is 0.480. The van der Waals surface area contributed by atoms with Gasteiger partial charge in [-0.2, -0.15) is 0 Å². The molecule has 0 amide bonds. The Hall–Kier alpha value is -2.47. The summed E-state index contributed by atoms with van der Waals surface area (Å²) in [6.45, 7) is 4.33.